The van der Waals surface area contributed by atoms with Gasteiger partial charge in [-0.2, -0.15) is 0 Å². The summed E-state index contributed by atoms with van der Waals surface area (Å²) in [6.45, 7) is 3.84. The number of ether oxygens (including phenoxy) is 3. The number of hydrogen-bond donors (Lipinski definition) is 0. The Morgan fingerprint density at radius 3 is 2.45 bits per heavy atom. The highest BCUT2D eigenvalue weighted by atomic mass is 16.6. The minimum absolute atomic E-state index is 0.186. The van der Waals surface area contributed by atoms with Crippen molar-refractivity contribution in [2.45, 2.75) is 13.8 Å². The van der Waals surface area contributed by atoms with Crippen LogP contribution in [0.5, 0.6) is 17.2 Å². The molecule has 4 aromatic rings. The molecule has 0 saturated carbocycles. The van der Waals surface area contributed by atoms with Crippen LogP contribution < -0.4 is 14.2 Å². The molecular formula is C29H26O4. The molecular weight excluding hydrogens is 412 g/mol. The van der Waals surface area contributed by atoms with Gasteiger partial charge in [0.15, 0.2) is 18.1 Å². The highest BCUT2D eigenvalue weighted by Gasteiger charge is 2.12. The Balaban J connectivity index is 1.44. The van der Waals surface area contributed by atoms with Crippen molar-refractivity contribution in [1.29, 1.82) is 0 Å². The molecule has 0 aliphatic carbocycles. The van der Waals surface area contributed by atoms with Crippen molar-refractivity contribution in [2.75, 3.05) is 13.7 Å². The number of esters is 1. The predicted octanol–water partition coefficient (Wildman–Crippen LogP) is 6.62. The largest absolute Gasteiger partial charge is 0.493 e. The van der Waals surface area contributed by atoms with Gasteiger partial charge < -0.3 is 14.2 Å². The number of fused-ring (bicyclic) bond motifs is 1. The molecule has 0 amide bonds. The summed E-state index contributed by atoms with van der Waals surface area (Å²) in [5.41, 5.74) is 4.34. The molecule has 33 heavy (non-hydrogen) atoms. The summed E-state index contributed by atoms with van der Waals surface area (Å²) in [5, 5.41) is 2.39. The van der Waals surface area contributed by atoms with Crippen LogP contribution in [0.25, 0.3) is 22.9 Å². The molecule has 4 aromatic carbocycles. The second-order valence-electron chi connectivity index (χ2n) is 7.82. The van der Waals surface area contributed by atoms with Crippen molar-refractivity contribution in [1.82, 2.24) is 0 Å². The Morgan fingerprint density at radius 1 is 0.818 bits per heavy atom. The van der Waals surface area contributed by atoms with E-state index in [2.05, 4.69) is 30.3 Å². The molecule has 0 atom stereocenters. The van der Waals surface area contributed by atoms with E-state index in [0.717, 1.165) is 16.7 Å². The number of benzene rings is 4. The average molecular weight is 439 g/mol. The number of aryl methyl sites for hydroxylation is 2. The van der Waals surface area contributed by atoms with Gasteiger partial charge in [-0.3, -0.25) is 0 Å². The summed E-state index contributed by atoms with van der Waals surface area (Å²) < 4.78 is 16.5. The van der Waals surface area contributed by atoms with Gasteiger partial charge in [-0.25, -0.2) is 4.79 Å². The average Bonchev–Trinajstić information content (AvgIpc) is 2.84. The van der Waals surface area contributed by atoms with Gasteiger partial charge in [-0.05, 0) is 71.1 Å². The van der Waals surface area contributed by atoms with Crippen LogP contribution in [-0.2, 0) is 4.79 Å². The zero-order valence-electron chi connectivity index (χ0n) is 19.0. The van der Waals surface area contributed by atoms with E-state index in [-0.39, 0.29) is 6.61 Å². The fourth-order valence-electron chi connectivity index (χ4n) is 3.55. The van der Waals surface area contributed by atoms with E-state index in [1.54, 1.807) is 13.2 Å². The summed E-state index contributed by atoms with van der Waals surface area (Å²) in [4.78, 5) is 12.3. The monoisotopic (exact) mass is 438 g/mol. The lowest BCUT2D eigenvalue weighted by Gasteiger charge is -2.11. The lowest BCUT2D eigenvalue weighted by Crippen LogP contribution is -2.18. The van der Waals surface area contributed by atoms with Crippen LogP contribution in [0, 0.1) is 13.8 Å². The van der Waals surface area contributed by atoms with Crippen molar-refractivity contribution in [3.63, 3.8) is 0 Å². The second-order valence-corrected chi connectivity index (χ2v) is 7.82. The van der Waals surface area contributed by atoms with E-state index in [0.29, 0.717) is 17.2 Å². The normalized spacial score (nSPS) is 11.0. The first kappa shape index (κ1) is 22.2. The Morgan fingerprint density at radius 2 is 1.64 bits per heavy atom. The Labute approximate surface area is 194 Å². The minimum atomic E-state index is -0.495. The van der Waals surface area contributed by atoms with Crippen LogP contribution in [0.2, 0.25) is 0 Å². The molecule has 0 fully saturated rings. The highest BCUT2D eigenvalue weighted by molar-refractivity contribution is 5.92. The third kappa shape index (κ3) is 5.42. The maximum absolute atomic E-state index is 12.3. The summed E-state index contributed by atoms with van der Waals surface area (Å²) >= 11 is 0. The van der Waals surface area contributed by atoms with Crippen LogP contribution in [-0.4, -0.2) is 19.7 Å². The molecule has 0 spiro atoms. The van der Waals surface area contributed by atoms with Gasteiger partial charge in [0, 0.05) is 0 Å². The molecule has 4 nitrogen and oxygen atoms in total. The Hall–Kier alpha value is -4.05. The number of rotatable bonds is 7. The highest BCUT2D eigenvalue weighted by Crippen LogP contribution is 2.29. The molecule has 0 N–H and O–H groups in total. The zero-order chi connectivity index (χ0) is 23.2. The number of carbonyl (C=O) groups excluding carboxylic acids is 1. The first-order chi connectivity index (χ1) is 16.0. The number of hydrogen-bond acceptors (Lipinski definition) is 4. The van der Waals surface area contributed by atoms with Gasteiger partial charge in [0.05, 0.1) is 7.11 Å². The third-order valence-electron chi connectivity index (χ3n) is 5.53. The summed E-state index contributed by atoms with van der Waals surface area (Å²) in [6.07, 6.45) is 4.08. The first-order valence-corrected chi connectivity index (χ1v) is 10.8. The van der Waals surface area contributed by atoms with Crippen LogP contribution in [0.3, 0.4) is 0 Å². The molecule has 0 heterocycles. The summed E-state index contributed by atoms with van der Waals surface area (Å²) in [6, 6.07) is 25.7. The second kappa shape index (κ2) is 10.0. The molecule has 0 radical (unpaired) electrons. The van der Waals surface area contributed by atoms with E-state index in [1.807, 2.05) is 68.5 Å². The van der Waals surface area contributed by atoms with Gasteiger partial charge in [-0.15, -0.1) is 0 Å². The molecule has 4 rings (SSSR count). The van der Waals surface area contributed by atoms with E-state index in [4.69, 9.17) is 14.2 Å². The van der Waals surface area contributed by atoms with E-state index >= 15 is 0 Å². The predicted molar refractivity (Wildman–Crippen MR) is 133 cm³/mol. The SMILES string of the molecule is COc1cc(/C=C/c2cccc3ccccc23)ccc1OC(=O)COc1ccc(C)c(C)c1. The lowest BCUT2D eigenvalue weighted by atomic mass is 10.0. The maximum atomic E-state index is 12.3. The molecule has 0 bridgehead atoms. The molecule has 0 unspecified atom stereocenters. The van der Waals surface area contributed by atoms with E-state index in [9.17, 15) is 4.79 Å². The van der Waals surface area contributed by atoms with Crippen LogP contribution in [0.1, 0.15) is 22.3 Å². The van der Waals surface area contributed by atoms with Crippen molar-refractivity contribution in [3.05, 3.63) is 101 Å². The quantitative estimate of drug-likeness (QED) is 0.185. The van der Waals surface area contributed by atoms with Crippen LogP contribution in [0.15, 0.2) is 78.9 Å². The van der Waals surface area contributed by atoms with E-state index in [1.165, 1.54) is 16.3 Å². The van der Waals surface area contributed by atoms with E-state index < -0.39 is 5.97 Å². The molecule has 0 saturated heterocycles. The Bertz CT molecular complexity index is 1320. The topological polar surface area (TPSA) is 44.8 Å². The lowest BCUT2D eigenvalue weighted by molar-refractivity contribution is -0.136. The third-order valence-corrected chi connectivity index (χ3v) is 5.53. The summed E-state index contributed by atoms with van der Waals surface area (Å²) in [7, 11) is 1.55. The molecule has 0 aliphatic rings. The molecule has 166 valence electrons. The van der Waals surface area contributed by atoms with Crippen molar-refractivity contribution < 1.29 is 19.0 Å². The number of methoxy groups -OCH3 is 1. The maximum Gasteiger partial charge on any atom is 0.349 e. The standard InChI is InChI=1S/C29H26O4/c1-20-11-15-25(17-21(20)2)32-19-29(30)33-27-16-13-22(18-28(27)31-3)12-14-24-9-6-8-23-7-4-5-10-26(23)24/h4-18H,19H2,1-3H3/b14-12+. The van der Waals surface area contributed by atoms with Gasteiger partial charge in [0.2, 0.25) is 0 Å². The molecule has 0 aromatic heterocycles. The van der Waals surface area contributed by atoms with Crippen LogP contribution >= 0.6 is 0 Å². The van der Waals surface area contributed by atoms with Gasteiger partial charge >= 0.3 is 5.97 Å². The van der Waals surface area contributed by atoms with Gasteiger partial charge in [-0.1, -0.05) is 66.7 Å². The fourth-order valence-corrected chi connectivity index (χ4v) is 3.55. The Kier molecular flexibility index (Phi) is 6.75. The van der Waals surface area contributed by atoms with Crippen LogP contribution in [0.4, 0.5) is 0 Å². The van der Waals surface area contributed by atoms with Gasteiger partial charge in [0.1, 0.15) is 5.75 Å². The van der Waals surface area contributed by atoms with Crippen molar-refractivity contribution >= 4 is 28.9 Å². The first-order valence-electron chi connectivity index (χ1n) is 10.8. The minimum Gasteiger partial charge on any atom is -0.493 e. The number of carbonyl (C=O) groups is 1. The fraction of sp³-hybridized carbons (Fsp3) is 0.138. The van der Waals surface area contributed by atoms with Gasteiger partial charge in [0.25, 0.3) is 0 Å². The molecule has 4 heteroatoms. The molecule has 0 aliphatic heterocycles. The summed E-state index contributed by atoms with van der Waals surface area (Å²) in [5.74, 6) is 0.976. The van der Waals surface area contributed by atoms with Crippen molar-refractivity contribution in [3.8, 4) is 17.2 Å². The zero-order valence-corrected chi connectivity index (χ0v) is 19.0. The van der Waals surface area contributed by atoms with Crippen molar-refractivity contribution in [2.24, 2.45) is 0 Å². The smallest absolute Gasteiger partial charge is 0.349 e.